The number of hydrogen-bond donors (Lipinski definition) is 1. The monoisotopic (exact) mass is 328 g/mol. The number of nitrogens with one attached hydrogen (secondary N) is 1. The predicted molar refractivity (Wildman–Crippen MR) is 91.1 cm³/mol. The smallest absolute Gasteiger partial charge is 0.278 e. The summed E-state index contributed by atoms with van der Waals surface area (Å²) in [6.45, 7) is 4.07. The van der Waals surface area contributed by atoms with E-state index in [0.29, 0.717) is 16.4 Å². The second kappa shape index (κ2) is 6.38. The third-order valence-corrected chi connectivity index (χ3v) is 4.20. The highest BCUT2D eigenvalue weighted by atomic mass is 35.5. The Labute approximate surface area is 139 Å². The van der Waals surface area contributed by atoms with Gasteiger partial charge in [0.1, 0.15) is 0 Å². The number of anilines is 1. The Balaban J connectivity index is 2.03. The van der Waals surface area contributed by atoms with Gasteiger partial charge in [-0.3, -0.25) is 4.79 Å². The van der Waals surface area contributed by atoms with Gasteiger partial charge in [0, 0.05) is 35.5 Å². The van der Waals surface area contributed by atoms with Crippen LogP contribution in [0.1, 0.15) is 35.5 Å². The van der Waals surface area contributed by atoms with Crippen molar-refractivity contribution >= 4 is 28.8 Å². The highest BCUT2D eigenvalue weighted by molar-refractivity contribution is 6.32. The van der Waals surface area contributed by atoms with E-state index >= 15 is 0 Å². The molecule has 0 unspecified atom stereocenters. The molecule has 23 heavy (non-hydrogen) atoms. The minimum atomic E-state index is -0.284. The molecule has 0 saturated carbocycles. The molecule has 3 rings (SSSR count). The lowest BCUT2D eigenvalue weighted by Gasteiger charge is -2.15. The first-order chi connectivity index (χ1) is 11.2. The number of carbonyl (C=O) groups is 1. The fraction of sp³-hybridized carbons (Fsp3) is 0.235. The first kappa shape index (κ1) is 15.5. The summed E-state index contributed by atoms with van der Waals surface area (Å²) in [4.78, 5) is 21.1. The van der Waals surface area contributed by atoms with E-state index in [1.54, 1.807) is 29.2 Å². The lowest BCUT2D eigenvalue weighted by molar-refractivity contribution is 0.102. The van der Waals surface area contributed by atoms with Crippen molar-refractivity contribution in [3.63, 3.8) is 0 Å². The van der Waals surface area contributed by atoms with Gasteiger partial charge in [-0.1, -0.05) is 31.5 Å². The molecule has 118 valence electrons. The maximum Gasteiger partial charge on any atom is 0.278 e. The number of benzene rings is 1. The molecule has 0 saturated heterocycles. The molecule has 2 heterocycles. The van der Waals surface area contributed by atoms with Gasteiger partial charge in [-0.25, -0.2) is 9.97 Å². The largest absolute Gasteiger partial charge is 0.320 e. The van der Waals surface area contributed by atoms with Crippen LogP contribution in [0.25, 0.3) is 5.65 Å². The van der Waals surface area contributed by atoms with E-state index in [9.17, 15) is 4.79 Å². The van der Waals surface area contributed by atoms with Gasteiger partial charge in [0.05, 0.1) is 0 Å². The summed E-state index contributed by atoms with van der Waals surface area (Å²) < 4.78 is 1.77. The molecule has 0 radical (unpaired) electrons. The van der Waals surface area contributed by atoms with Crippen LogP contribution in [0.2, 0.25) is 5.02 Å². The number of imidazole rings is 1. The molecule has 1 aromatic carbocycles. The summed E-state index contributed by atoms with van der Waals surface area (Å²) in [5.41, 5.74) is 3.59. The summed E-state index contributed by atoms with van der Waals surface area (Å²) in [7, 11) is 0. The van der Waals surface area contributed by atoms with E-state index in [-0.39, 0.29) is 5.91 Å². The molecule has 0 fully saturated rings. The maximum absolute atomic E-state index is 12.7. The maximum atomic E-state index is 12.7. The van der Waals surface area contributed by atoms with Crippen molar-refractivity contribution in [3.05, 3.63) is 58.8 Å². The van der Waals surface area contributed by atoms with Gasteiger partial charge < -0.3 is 9.72 Å². The first-order valence-corrected chi connectivity index (χ1v) is 7.92. The zero-order chi connectivity index (χ0) is 16.4. The molecular weight excluding hydrogens is 312 g/mol. The molecule has 1 N–H and O–H groups in total. The molecule has 6 heteroatoms. The molecule has 3 aromatic rings. The number of nitrogens with zero attached hydrogens (tertiary/aromatic N) is 3. The van der Waals surface area contributed by atoms with E-state index in [0.717, 1.165) is 29.7 Å². The number of carbonyl (C=O) groups excluding carboxylic acids is 1. The Morgan fingerprint density at radius 1 is 1.17 bits per heavy atom. The topological polar surface area (TPSA) is 59.3 Å². The van der Waals surface area contributed by atoms with Crippen molar-refractivity contribution in [2.24, 2.45) is 0 Å². The van der Waals surface area contributed by atoms with Crippen LogP contribution in [-0.2, 0) is 12.8 Å². The van der Waals surface area contributed by atoms with E-state index in [2.05, 4.69) is 15.3 Å². The highest BCUT2D eigenvalue weighted by Gasteiger charge is 2.17. The summed E-state index contributed by atoms with van der Waals surface area (Å²) >= 11 is 6.28. The molecule has 0 bridgehead atoms. The average molecular weight is 329 g/mol. The third-order valence-electron chi connectivity index (χ3n) is 3.84. The van der Waals surface area contributed by atoms with Crippen molar-refractivity contribution < 1.29 is 4.79 Å². The average Bonchev–Trinajstić information content (AvgIpc) is 3.03. The minimum Gasteiger partial charge on any atom is -0.320 e. The lowest BCUT2D eigenvalue weighted by atomic mass is 10.0. The standard InChI is InChI=1S/C17H17ClN4O/c1-3-11-5-6-13(18)12(4-2)14(11)21-17(23)15-16-20-8-10-22(16)9-7-19-15/h5-10H,3-4H2,1-2H3,(H,21,23). The minimum absolute atomic E-state index is 0.284. The van der Waals surface area contributed by atoms with Crippen molar-refractivity contribution in [1.29, 1.82) is 0 Å². The Morgan fingerprint density at radius 2 is 1.91 bits per heavy atom. The van der Waals surface area contributed by atoms with Crippen LogP contribution >= 0.6 is 11.6 Å². The number of rotatable bonds is 4. The number of hydrogen-bond acceptors (Lipinski definition) is 3. The van der Waals surface area contributed by atoms with Gasteiger partial charge in [0.25, 0.3) is 5.91 Å². The molecule has 1 amide bonds. The third kappa shape index (κ3) is 2.80. The summed E-state index contributed by atoms with van der Waals surface area (Å²) in [6, 6.07) is 3.82. The van der Waals surface area contributed by atoms with Crippen LogP contribution in [0, 0.1) is 0 Å². The fourth-order valence-corrected chi connectivity index (χ4v) is 2.95. The van der Waals surface area contributed by atoms with E-state index in [1.165, 1.54) is 0 Å². The van der Waals surface area contributed by atoms with Gasteiger partial charge >= 0.3 is 0 Å². The SMILES string of the molecule is CCc1ccc(Cl)c(CC)c1NC(=O)c1nccn2ccnc12. The van der Waals surface area contributed by atoms with Gasteiger partial charge in [-0.2, -0.15) is 0 Å². The van der Waals surface area contributed by atoms with Crippen molar-refractivity contribution in [3.8, 4) is 0 Å². The van der Waals surface area contributed by atoms with Crippen LogP contribution in [0.3, 0.4) is 0 Å². The normalized spacial score (nSPS) is 10.9. The van der Waals surface area contributed by atoms with Gasteiger partial charge in [0.15, 0.2) is 11.3 Å². The molecule has 0 aliphatic rings. The second-order valence-corrected chi connectivity index (χ2v) is 5.56. The van der Waals surface area contributed by atoms with Crippen LogP contribution < -0.4 is 5.32 Å². The lowest BCUT2D eigenvalue weighted by Crippen LogP contribution is -2.17. The van der Waals surface area contributed by atoms with Gasteiger partial charge in [-0.05, 0) is 30.0 Å². The molecule has 0 aliphatic carbocycles. The molecule has 2 aromatic heterocycles. The number of fused-ring (bicyclic) bond motifs is 1. The van der Waals surface area contributed by atoms with Crippen LogP contribution in [0.4, 0.5) is 5.69 Å². The number of aryl methyl sites for hydroxylation is 1. The first-order valence-electron chi connectivity index (χ1n) is 7.55. The van der Waals surface area contributed by atoms with E-state index in [4.69, 9.17) is 11.6 Å². The van der Waals surface area contributed by atoms with Gasteiger partial charge in [0.2, 0.25) is 0 Å². The zero-order valence-corrected chi connectivity index (χ0v) is 13.8. The molecular formula is C17H17ClN4O. The zero-order valence-electron chi connectivity index (χ0n) is 13.0. The van der Waals surface area contributed by atoms with Crippen LogP contribution in [-0.4, -0.2) is 20.3 Å². The highest BCUT2D eigenvalue weighted by Crippen LogP contribution is 2.30. The van der Waals surface area contributed by atoms with Crippen molar-refractivity contribution in [1.82, 2.24) is 14.4 Å². The van der Waals surface area contributed by atoms with Crippen LogP contribution in [0.5, 0.6) is 0 Å². The Kier molecular flexibility index (Phi) is 4.30. The summed E-state index contributed by atoms with van der Waals surface area (Å²) in [5, 5.41) is 3.64. The Morgan fingerprint density at radius 3 is 2.61 bits per heavy atom. The van der Waals surface area contributed by atoms with Crippen LogP contribution in [0.15, 0.2) is 36.9 Å². The van der Waals surface area contributed by atoms with E-state index in [1.807, 2.05) is 26.0 Å². The molecule has 5 nitrogen and oxygen atoms in total. The van der Waals surface area contributed by atoms with Gasteiger partial charge in [-0.15, -0.1) is 0 Å². The quantitative estimate of drug-likeness (QED) is 0.793. The summed E-state index contributed by atoms with van der Waals surface area (Å²) in [5.74, 6) is -0.284. The summed E-state index contributed by atoms with van der Waals surface area (Å²) in [6.07, 6.45) is 8.31. The van der Waals surface area contributed by atoms with Crippen molar-refractivity contribution in [2.75, 3.05) is 5.32 Å². The predicted octanol–water partition coefficient (Wildman–Crippen LogP) is 3.76. The van der Waals surface area contributed by atoms with Crippen molar-refractivity contribution in [2.45, 2.75) is 26.7 Å². The number of amides is 1. The Bertz CT molecular complexity index is 872. The molecule has 0 aliphatic heterocycles. The molecule has 0 spiro atoms. The fourth-order valence-electron chi connectivity index (χ4n) is 2.65. The Hall–Kier alpha value is -2.40. The second-order valence-electron chi connectivity index (χ2n) is 5.16. The van der Waals surface area contributed by atoms with E-state index < -0.39 is 0 Å². The number of halogens is 1. The molecule has 0 atom stereocenters. The number of aromatic nitrogens is 3.